The average Bonchev–Trinajstić information content (AvgIpc) is 2.52. The number of rotatable bonds is 4. The Labute approximate surface area is 67.9 Å². The molecule has 0 bridgehead atoms. The summed E-state index contributed by atoms with van der Waals surface area (Å²) in [6, 6.07) is 0. The first kappa shape index (κ1) is 8.72. The minimum Gasteiger partial charge on any atom is -0.378 e. The molecule has 1 heterocycles. The fourth-order valence-corrected chi connectivity index (χ4v) is 1.32. The van der Waals surface area contributed by atoms with E-state index in [4.69, 9.17) is 4.74 Å². The number of hydrogen-bond donors (Lipinski definition) is 0. The highest BCUT2D eigenvalue weighted by molar-refractivity contribution is 5.78. The van der Waals surface area contributed by atoms with Crippen LogP contribution in [0.3, 0.4) is 0 Å². The van der Waals surface area contributed by atoms with Crippen LogP contribution in [0.2, 0.25) is 0 Å². The van der Waals surface area contributed by atoms with Gasteiger partial charge in [0.15, 0.2) is 0 Å². The SMILES string of the molecule is [CH2]CC(=O)CCC1CCCO1. The second-order valence-electron chi connectivity index (χ2n) is 2.96. The Balaban J connectivity index is 2.06. The highest BCUT2D eigenvalue weighted by Crippen LogP contribution is 2.16. The van der Waals surface area contributed by atoms with Gasteiger partial charge in [0.25, 0.3) is 0 Å². The van der Waals surface area contributed by atoms with E-state index in [9.17, 15) is 4.79 Å². The van der Waals surface area contributed by atoms with Crippen LogP contribution in [0.4, 0.5) is 0 Å². The number of carbonyl (C=O) groups is 1. The highest BCUT2D eigenvalue weighted by Gasteiger charge is 2.15. The molecule has 1 radical (unpaired) electrons. The van der Waals surface area contributed by atoms with Crippen LogP contribution in [0.15, 0.2) is 0 Å². The molecule has 0 aromatic rings. The molecule has 1 aliphatic rings. The normalized spacial score (nSPS) is 23.9. The molecule has 0 spiro atoms. The number of carbonyl (C=O) groups excluding carboxylic acids is 1. The Hall–Kier alpha value is -0.370. The number of ketones is 1. The maximum Gasteiger partial charge on any atom is 0.133 e. The second kappa shape index (κ2) is 4.50. The second-order valence-corrected chi connectivity index (χ2v) is 2.96. The molecule has 1 saturated heterocycles. The predicted molar refractivity (Wildman–Crippen MR) is 43.2 cm³/mol. The molecule has 63 valence electrons. The van der Waals surface area contributed by atoms with E-state index in [0.717, 1.165) is 25.9 Å². The van der Waals surface area contributed by atoms with Crippen molar-refractivity contribution in [3.05, 3.63) is 6.92 Å². The maximum atomic E-state index is 10.9. The molecule has 0 saturated carbocycles. The third-order valence-corrected chi connectivity index (χ3v) is 2.05. The zero-order valence-corrected chi connectivity index (χ0v) is 6.84. The molecule has 1 aliphatic heterocycles. The van der Waals surface area contributed by atoms with Crippen molar-refractivity contribution in [3.63, 3.8) is 0 Å². The largest absolute Gasteiger partial charge is 0.378 e. The van der Waals surface area contributed by atoms with Crippen molar-refractivity contribution in [3.8, 4) is 0 Å². The first-order valence-electron chi connectivity index (χ1n) is 4.25. The van der Waals surface area contributed by atoms with E-state index in [1.54, 1.807) is 0 Å². The van der Waals surface area contributed by atoms with Crippen LogP contribution < -0.4 is 0 Å². The Morgan fingerprint density at radius 1 is 1.64 bits per heavy atom. The van der Waals surface area contributed by atoms with Crippen LogP contribution in [0.1, 0.15) is 32.1 Å². The molecular formula is C9H15O2. The van der Waals surface area contributed by atoms with Crippen LogP contribution in [0, 0.1) is 6.92 Å². The van der Waals surface area contributed by atoms with E-state index in [-0.39, 0.29) is 5.78 Å². The first-order chi connectivity index (χ1) is 5.33. The van der Waals surface area contributed by atoms with Gasteiger partial charge in [-0.3, -0.25) is 4.79 Å². The van der Waals surface area contributed by atoms with Crippen molar-refractivity contribution in [2.45, 2.75) is 38.2 Å². The summed E-state index contributed by atoms with van der Waals surface area (Å²) in [7, 11) is 0. The molecule has 0 N–H and O–H groups in total. The van der Waals surface area contributed by atoms with Gasteiger partial charge in [0, 0.05) is 19.4 Å². The monoisotopic (exact) mass is 155 g/mol. The lowest BCUT2D eigenvalue weighted by Crippen LogP contribution is -2.07. The van der Waals surface area contributed by atoms with Gasteiger partial charge in [-0.25, -0.2) is 0 Å². The van der Waals surface area contributed by atoms with E-state index in [1.807, 2.05) is 0 Å². The van der Waals surface area contributed by atoms with Gasteiger partial charge in [-0.1, -0.05) is 0 Å². The summed E-state index contributed by atoms with van der Waals surface area (Å²) in [6.45, 7) is 4.42. The summed E-state index contributed by atoms with van der Waals surface area (Å²) < 4.78 is 5.38. The average molecular weight is 155 g/mol. The van der Waals surface area contributed by atoms with Crippen LogP contribution in [0.25, 0.3) is 0 Å². The van der Waals surface area contributed by atoms with E-state index in [1.165, 1.54) is 0 Å². The Kier molecular flexibility index (Phi) is 3.57. The van der Waals surface area contributed by atoms with Crippen molar-refractivity contribution in [1.29, 1.82) is 0 Å². The molecule has 1 unspecified atom stereocenters. The van der Waals surface area contributed by atoms with Gasteiger partial charge < -0.3 is 4.74 Å². The highest BCUT2D eigenvalue weighted by atomic mass is 16.5. The van der Waals surface area contributed by atoms with Crippen LogP contribution in [-0.2, 0) is 9.53 Å². The summed E-state index contributed by atoms with van der Waals surface area (Å²) in [6.07, 6.45) is 4.61. The summed E-state index contributed by atoms with van der Waals surface area (Å²) in [5.41, 5.74) is 0. The van der Waals surface area contributed by atoms with E-state index in [2.05, 4.69) is 6.92 Å². The molecule has 1 rings (SSSR count). The molecular weight excluding hydrogens is 140 g/mol. The zero-order chi connectivity index (χ0) is 8.10. The molecule has 0 aromatic carbocycles. The smallest absolute Gasteiger partial charge is 0.133 e. The Bertz CT molecular complexity index is 126. The van der Waals surface area contributed by atoms with E-state index < -0.39 is 0 Å². The molecule has 11 heavy (non-hydrogen) atoms. The molecule has 1 atom stereocenters. The molecule has 2 heteroatoms. The summed E-state index contributed by atoms with van der Waals surface area (Å²) >= 11 is 0. The lowest BCUT2D eigenvalue weighted by atomic mass is 10.1. The third-order valence-electron chi connectivity index (χ3n) is 2.05. The van der Waals surface area contributed by atoms with Crippen molar-refractivity contribution in [2.24, 2.45) is 0 Å². The molecule has 0 aromatic heterocycles. The topological polar surface area (TPSA) is 26.3 Å². The van der Waals surface area contributed by atoms with Gasteiger partial charge in [0.1, 0.15) is 5.78 Å². The standard InChI is InChI=1S/C9H15O2/c1-2-8(10)5-6-9-4-3-7-11-9/h9H,1-7H2. The van der Waals surface area contributed by atoms with Crippen molar-refractivity contribution in [1.82, 2.24) is 0 Å². The summed E-state index contributed by atoms with van der Waals surface area (Å²) in [5.74, 6) is 0.250. The molecule has 2 nitrogen and oxygen atoms in total. The number of hydrogen-bond acceptors (Lipinski definition) is 2. The van der Waals surface area contributed by atoms with Gasteiger partial charge in [-0.15, -0.1) is 0 Å². The van der Waals surface area contributed by atoms with Crippen molar-refractivity contribution in [2.75, 3.05) is 6.61 Å². The minimum absolute atomic E-state index is 0.250. The molecule has 1 fully saturated rings. The van der Waals surface area contributed by atoms with E-state index >= 15 is 0 Å². The zero-order valence-electron chi connectivity index (χ0n) is 6.84. The number of ether oxygens (including phenoxy) is 1. The fraction of sp³-hybridized carbons (Fsp3) is 0.778. The Morgan fingerprint density at radius 3 is 3.00 bits per heavy atom. The van der Waals surface area contributed by atoms with Gasteiger partial charge >= 0.3 is 0 Å². The lowest BCUT2D eigenvalue weighted by molar-refractivity contribution is -0.118. The molecule has 0 aliphatic carbocycles. The Morgan fingerprint density at radius 2 is 2.45 bits per heavy atom. The van der Waals surface area contributed by atoms with E-state index in [0.29, 0.717) is 18.9 Å². The third kappa shape index (κ3) is 3.02. The van der Waals surface area contributed by atoms with Crippen molar-refractivity contribution >= 4 is 5.78 Å². The fourth-order valence-electron chi connectivity index (χ4n) is 1.32. The summed E-state index contributed by atoms with van der Waals surface area (Å²) in [4.78, 5) is 10.9. The predicted octanol–water partition coefficient (Wildman–Crippen LogP) is 1.74. The number of Topliss-reactive ketones (excluding diaryl/α,β-unsaturated/α-hetero) is 1. The van der Waals surface area contributed by atoms with Crippen LogP contribution >= 0.6 is 0 Å². The molecule has 0 amide bonds. The quantitative estimate of drug-likeness (QED) is 0.618. The minimum atomic E-state index is 0.250. The first-order valence-corrected chi connectivity index (χ1v) is 4.25. The van der Waals surface area contributed by atoms with Gasteiger partial charge in [-0.05, 0) is 26.2 Å². The summed E-state index contributed by atoms with van der Waals surface area (Å²) in [5, 5.41) is 0. The van der Waals surface area contributed by atoms with Crippen LogP contribution in [-0.4, -0.2) is 18.5 Å². The van der Waals surface area contributed by atoms with Gasteiger partial charge in [0.05, 0.1) is 6.10 Å². The van der Waals surface area contributed by atoms with Crippen LogP contribution in [0.5, 0.6) is 0 Å². The maximum absolute atomic E-state index is 10.9. The van der Waals surface area contributed by atoms with Crippen molar-refractivity contribution < 1.29 is 9.53 Å². The van der Waals surface area contributed by atoms with Gasteiger partial charge in [-0.2, -0.15) is 0 Å². The van der Waals surface area contributed by atoms with Gasteiger partial charge in [0.2, 0.25) is 0 Å². The lowest BCUT2D eigenvalue weighted by Gasteiger charge is -2.06.